The molecule has 0 unspecified atom stereocenters. The van der Waals surface area contributed by atoms with Crippen molar-refractivity contribution >= 4 is 35.0 Å². The fourth-order valence-electron chi connectivity index (χ4n) is 3.06. The number of ether oxygens (including phenoxy) is 1. The summed E-state index contributed by atoms with van der Waals surface area (Å²) in [5.41, 5.74) is 4.04. The Hall–Kier alpha value is -3.13. The molecule has 0 radical (unpaired) electrons. The number of hydrazine groups is 1. The maximum absolute atomic E-state index is 13.0. The van der Waals surface area contributed by atoms with Crippen LogP contribution in [0, 0.1) is 0 Å². The van der Waals surface area contributed by atoms with Crippen molar-refractivity contribution in [2.45, 2.75) is 25.8 Å². The van der Waals surface area contributed by atoms with Crippen molar-refractivity contribution in [3.8, 4) is 5.75 Å². The fourth-order valence-corrected chi connectivity index (χ4v) is 3.26. The summed E-state index contributed by atoms with van der Waals surface area (Å²) in [6, 6.07) is 14.1. The second-order valence-electron chi connectivity index (χ2n) is 6.50. The molecule has 3 amide bonds. The Morgan fingerprint density at radius 3 is 2.50 bits per heavy atom. The molecule has 1 aliphatic rings. The van der Waals surface area contributed by atoms with Crippen molar-refractivity contribution in [3.63, 3.8) is 0 Å². The predicted octanol–water partition coefficient (Wildman–Crippen LogP) is 2.93. The van der Waals surface area contributed by atoms with E-state index >= 15 is 0 Å². The van der Waals surface area contributed by atoms with Crippen molar-refractivity contribution in [1.82, 2.24) is 15.8 Å². The van der Waals surface area contributed by atoms with Crippen molar-refractivity contribution in [2.24, 2.45) is 0 Å². The van der Waals surface area contributed by atoms with E-state index in [0.29, 0.717) is 11.3 Å². The van der Waals surface area contributed by atoms with Gasteiger partial charge in [-0.3, -0.25) is 10.2 Å². The number of hydrogen-bond acceptors (Lipinski definition) is 4. The van der Waals surface area contributed by atoms with E-state index in [0.717, 1.165) is 22.7 Å². The van der Waals surface area contributed by atoms with E-state index in [1.54, 1.807) is 38.3 Å². The highest BCUT2D eigenvalue weighted by Crippen LogP contribution is 2.29. The van der Waals surface area contributed by atoms with Gasteiger partial charge in [-0.2, -0.15) is 5.01 Å². The molecule has 1 saturated heterocycles. The number of para-hydroxylation sites is 1. The van der Waals surface area contributed by atoms with Crippen LogP contribution in [-0.4, -0.2) is 29.2 Å². The van der Waals surface area contributed by atoms with Crippen molar-refractivity contribution in [1.29, 1.82) is 0 Å². The third kappa shape index (κ3) is 3.63. The Morgan fingerprint density at radius 2 is 1.86 bits per heavy atom. The quantitative estimate of drug-likeness (QED) is 0.531. The first-order valence-corrected chi connectivity index (χ1v) is 9.26. The molecule has 0 bridgehead atoms. The average Bonchev–Trinajstić information content (AvgIpc) is 2.92. The molecule has 7 nitrogen and oxygen atoms in total. The summed E-state index contributed by atoms with van der Waals surface area (Å²) in [6.07, 6.45) is 0.824. The Bertz CT molecular complexity index is 916. The number of imide groups is 1. The van der Waals surface area contributed by atoms with Gasteiger partial charge in [-0.25, -0.2) is 4.79 Å². The van der Waals surface area contributed by atoms with Crippen LogP contribution in [-0.2, 0) is 16.8 Å². The Labute approximate surface area is 169 Å². The smallest absolute Gasteiger partial charge is 0.344 e. The summed E-state index contributed by atoms with van der Waals surface area (Å²) in [4.78, 5) is 25.4. The van der Waals surface area contributed by atoms with Gasteiger partial charge in [0, 0.05) is 5.69 Å². The van der Waals surface area contributed by atoms with Crippen LogP contribution in [0.3, 0.4) is 0 Å². The number of thiocarbonyl (C=S) groups is 1. The SMILES string of the molecule is CCc1ccccc1NC(=S)NN1C(=O)N[C@](C)(c2ccc(OC)cc2)C1=O. The first kappa shape index (κ1) is 19.6. The van der Waals surface area contributed by atoms with Crippen molar-refractivity contribution in [3.05, 3.63) is 59.7 Å². The molecule has 1 heterocycles. The first-order chi connectivity index (χ1) is 13.4. The van der Waals surface area contributed by atoms with Crippen molar-refractivity contribution < 1.29 is 14.3 Å². The van der Waals surface area contributed by atoms with Gasteiger partial charge in [0.15, 0.2) is 5.11 Å². The van der Waals surface area contributed by atoms with Gasteiger partial charge >= 0.3 is 6.03 Å². The van der Waals surface area contributed by atoms with Crippen LogP contribution in [0.1, 0.15) is 25.0 Å². The Balaban J connectivity index is 1.75. The summed E-state index contributed by atoms with van der Waals surface area (Å²) >= 11 is 5.30. The monoisotopic (exact) mass is 398 g/mol. The third-order valence-corrected chi connectivity index (χ3v) is 4.91. The average molecular weight is 398 g/mol. The number of anilines is 1. The lowest BCUT2D eigenvalue weighted by molar-refractivity contribution is -0.132. The number of benzene rings is 2. The minimum absolute atomic E-state index is 0.156. The van der Waals surface area contributed by atoms with Crippen LogP contribution in [0.25, 0.3) is 0 Å². The molecule has 8 heteroatoms. The highest BCUT2D eigenvalue weighted by Gasteiger charge is 2.49. The summed E-state index contributed by atoms with van der Waals surface area (Å²) in [6.45, 7) is 3.69. The molecule has 28 heavy (non-hydrogen) atoms. The molecule has 0 aliphatic carbocycles. The molecule has 1 atom stereocenters. The van der Waals surface area contributed by atoms with Crippen LogP contribution < -0.4 is 20.8 Å². The molecule has 2 aromatic rings. The second-order valence-corrected chi connectivity index (χ2v) is 6.91. The van der Waals surface area contributed by atoms with Gasteiger partial charge in [-0.1, -0.05) is 37.3 Å². The molecule has 2 aromatic carbocycles. The largest absolute Gasteiger partial charge is 0.497 e. The minimum Gasteiger partial charge on any atom is -0.497 e. The highest BCUT2D eigenvalue weighted by atomic mass is 32.1. The highest BCUT2D eigenvalue weighted by molar-refractivity contribution is 7.80. The van der Waals surface area contributed by atoms with Crippen molar-refractivity contribution in [2.75, 3.05) is 12.4 Å². The molecule has 3 N–H and O–H groups in total. The number of methoxy groups -OCH3 is 1. The minimum atomic E-state index is -1.20. The zero-order valence-electron chi connectivity index (χ0n) is 15.9. The number of urea groups is 1. The van der Waals surface area contributed by atoms with Gasteiger partial charge in [-0.05, 0) is 54.9 Å². The molecular weight excluding hydrogens is 376 g/mol. The van der Waals surface area contributed by atoms with Crippen LogP contribution in [0.5, 0.6) is 5.75 Å². The number of amides is 3. The van der Waals surface area contributed by atoms with Crippen LogP contribution in [0.2, 0.25) is 0 Å². The molecule has 146 valence electrons. The van der Waals surface area contributed by atoms with Gasteiger partial charge in [0.1, 0.15) is 11.3 Å². The lowest BCUT2D eigenvalue weighted by Crippen LogP contribution is -2.49. The molecular formula is C20H22N4O3S. The fraction of sp³-hybridized carbons (Fsp3) is 0.250. The van der Waals surface area contributed by atoms with Gasteiger partial charge in [0.05, 0.1) is 7.11 Å². The number of rotatable bonds is 5. The predicted molar refractivity (Wildman–Crippen MR) is 111 cm³/mol. The molecule has 0 saturated carbocycles. The van der Waals surface area contributed by atoms with E-state index < -0.39 is 17.5 Å². The molecule has 0 aromatic heterocycles. The second kappa shape index (κ2) is 7.85. The van der Waals surface area contributed by atoms with E-state index in [9.17, 15) is 9.59 Å². The van der Waals surface area contributed by atoms with Gasteiger partial charge in [0.2, 0.25) is 0 Å². The molecule has 0 spiro atoms. The third-order valence-electron chi connectivity index (χ3n) is 4.72. The molecule has 1 fully saturated rings. The summed E-state index contributed by atoms with van der Waals surface area (Å²) in [5.74, 6) is 0.217. The number of carbonyl (C=O) groups excluding carboxylic acids is 2. The van der Waals surface area contributed by atoms with Crippen LogP contribution >= 0.6 is 12.2 Å². The number of nitrogens with one attached hydrogen (secondary N) is 3. The van der Waals surface area contributed by atoms with Gasteiger partial charge < -0.3 is 15.4 Å². The van der Waals surface area contributed by atoms with Crippen LogP contribution in [0.15, 0.2) is 48.5 Å². The molecule has 1 aliphatic heterocycles. The standard InChI is InChI=1S/C20H22N4O3S/c1-4-13-7-5-6-8-16(13)21-18(28)23-24-17(25)20(2,22-19(24)26)14-9-11-15(27-3)12-10-14/h5-12H,4H2,1-3H3,(H,22,26)(H2,21,23,28)/t20-/m1/s1. The number of aryl methyl sites for hydroxylation is 1. The first-order valence-electron chi connectivity index (χ1n) is 8.85. The lowest BCUT2D eigenvalue weighted by atomic mass is 9.92. The zero-order valence-corrected chi connectivity index (χ0v) is 16.7. The topological polar surface area (TPSA) is 82.7 Å². The molecule has 3 rings (SSSR count). The summed E-state index contributed by atoms with van der Waals surface area (Å²) < 4.78 is 5.14. The van der Waals surface area contributed by atoms with Crippen LogP contribution in [0.4, 0.5) is 10.5 Å². The Morgan fingerprint density at radius 1 is 1.18 bits per heavy atom. The summed E-state index contributed by atoms with van der Waals surface area (Å²) in [7, 11) is 1.56. The van der Waals surface area contributed by atoms with Gasteiger partial charge in [0.25, 0.3) is 5.91 Å². The Kier molecular flexibility index (Phi) is 5.51. The van der Waals surface area contributed by atoms with E-state index in [-0.39, 0.29) is 5.11 Å². The summed E-state index contributed by atoms with van der Waals surface area (Å²) in [5, 5.41) is 6.82. The maximum Gasteiger partial charge on any atom is 0.344 e. The van der Waals surface area contributed by atoms with E-state index in [2.05, 4.69) is 16.1 Å². The van der Waals surface area contributed by atoms with E-state index in [1.165, 1.54) is 0 Å². The van der Waals surface area contributed by atoms with E-state index in [1.807, 2.05) is 31.2 Å². The number of nitrogens with zero attached hydrogens (tertiary/aromatic N) is 1. The number of hydrogen-bond donors (Lipinski definition) is 3. The number of carbonyl (C=O) groups is 2. The zero-order chi connectivity index (χ0) is 20.3. The van der Waals surface area contributed by atoms with E-state index in [4.69, 9.17) is 17.0 Å². The lowest BCUT2D eigenvalue weighted by Gasteiger charge is -2.23. The normalized spacial score (nSPS) is 18.6. The maximum atomic E-state index is 13.0. The van der Waals surface area contributed by atoms with Gasteiger partial charge in [-0.15, -0.1) is 0 Å².